The van der Waals surface area contributed by atoms with Crippen molar-refractivity contribution >= 4 is 11.9 Å². The van der Waals surface area contributed by atoms with Crippen LogP contribution >= 0.6 is 0 Å². The largest absolute Gasteiger partial charge is 0.480 e. The van der Waals surface area contributed by atoms with Gasteiger partial charge in [-0.2, -0.15) is 0 Å². The maximum Gasteiger partial charge on any atom is 0.323 e. The highest BCUT2D eigenvalue weighted by Gasteiger charge is 2.20. The predicted molar refractivity (Wildman–Crippen MR) is 64.9 cm³/mol. The van der Waals surface area contributed by atoms with Gasteiger partial charge in [-0.25, -0.2) is 4.39 Å². The van der Waals surface area contributed by atoms with E-state index in [1.807, 2.05) is 0 Å². The molecule has 96 valence electrons. The van der Waals surface area contributed by atoms with Gasteiger partial charge >= 0.3 is 5.97 Å². The van der Waals surface area contributed by atoms with Crippen LogP contribution in [0.3, 0.4) is 0 Å². The van der Waals surface area contributed by atoms with Crippen molar-refractivity contribution in [2.75, 3.05) is 13.1 Å². The number of halogens is 1. The molecule has 0 aliphatic carbocycles. The number of carbonyl (C=O) groups excluding carboxylic acids is 1. The third kappa shape index (κ3) is 3.16. The van der Waals surface area contributed by atoms with Crippen LogP contribution in [0.4, 0.5) is 4.39 Å². The number of nitrogens with zero attached hydrogens (tertiary/aromatic N) is 1. The molecule has 0 heterocycles. The quantitative estimate of drug-likeness (QED) is 0.812. The lowest BCUT2D eigenvalue weighted by molar-refractivity contribution is -0.137. The number of carboxylic acids is 1. The van der Waals surface area contributed by atoms with E-state index in [0.717, 1.165) is 4.90 Å². The Hall–Kier alpha value is -2.17. The first-order valence-electron chi connectivity index (χ1n) is 5.34. The van der Waals surface area contributed by atoms with Gasteiger partial charge in [0, 0.05) is 6.54 Å². The average Bonchev–Trinajstić information content (AvgIpc) is 2.31. The molecule has 0 saturated carbocycles. The van der Waals surface area contributed by atoms with E-state index in [2.05, 4.69) is 6.58 Å². The summed E-state index contributed by atoms with van der Waals surface area (Å²) in [4.78, 5) is 23.7. The van der Waals surface area contributed by atoms with Gasteiger partial charge in [0.1, 0.15) is 12.4 Å². The molecule has 4 nitrogen and oxygen atoms in total. The van der Waals surface area contributed by atoms with Crippen LogP contribution in [0.2, 0.25) is 0 Å². The van der Waals surface area contributed by atoms with E-state index in [1.54, 1.807) is 19.1 Å². The molecule has 0 aliphatic rings. The van der Waals surface area contributed by atoms with Crippen molar-refractivity contribution in [3.8, 4) is 0 Å². The van der Waals surface area contributed by atoms with E-state index in [0.29, 0.717) is 5.56 Å². The third-order valence-corrected chi connectivity index (χ3v) is 2.39. The van der Waals surface area contributed by atoms with Gasteiger partial charge in [0.2, 0.25) is 0 Å². The van der Waals surface area contributed by atoms with E-state index in [9.17, 15) is 14.0 Å². The molecule has 1 rings (SSSR count). The summed E-state index contributed by atoms with van der Waals surface area (Å²) in [6.45, 7) is 4.55. The number of rotatable bonds is 5. The zero-order valence-corrected chi connectivity index (χ0v) is 10.0. The maximum atomic E-state index is 13.8. The molecule has 0 saturated heterocycles. The average molecular weight is 251 g/mol. The van der Waals surface area contributed by atoms with Crippen molar-refractivity contribution < 1.29 is 19.1 Å². The number of carboxylic acid groups (broad SMARTS) is 1. The highest BCUT2D eigenvalue weighted by Crippen LogP contribution is 2.14. The Morgan fingerprint density at radius 3 is 2.72 bits per heavy atom. The fourth-order valence-corrected chi connectivity index (χ4v) is 1.52. The molecular weight excluding hydrogens is 237 g/mol. The van der Waals surface area contributed by atoms with Gasteiger partial charge in [0.15, 0.2) is 0 Å². The molecular formula is C13H14FNO3. The number of amides is 1. The van der Waals surface area contributed by atoms with E-state index in [4.69, 9.17) is 5.11 Å². The Labute approximate surface area is 104 Å². The molecule has 1 amide bonds. The zero-order valence-electron chi connectivity index (χ0n) is 10.0. The summed E-state index contributed by atoms with van der Waals surface area (Å²) in [6, 6.07) is 4.43. The monoisotopic (exact) mass is 251 g/mol. The predicted octanol–water partition coefficient (Wildman–Crippen LogP) is 1.85. The molecule has 1 aromatic rings. The topological polar surface area (TPSA) is 57.6 Å². The molecule has 18 heavy (non-hydrogen) atoms. The first kappa shape index (κ1) is 13.9. The molecule has 0 spiro atoms. The first-order chi connectivity index (χ1) is 8.47. The number of hydrogen-bond acceptors (Lipinski definition) is 2. The SMILES string of the molecule is C=CCN(CC(=O)O)C(=O)c1cccc(C)c1F. The van der Waals surface area contributed by atoms with Crippen LogP contribution < -0.4 is 0 Å². The minimum atomic E-state index is -1.15. The molecule has 0 aromatic heterocycles. The number of benzene rings is 1. The van der Waals surface area contributed by atoms with Gasteiger partial charge in [-0.3, -0.25) is 9.59 Å². The smallest absolute Gasteiger partial charge is 0.323 e. The number of hydrogen-bond donors (Lipinski definition) is 1. The van der Waals surface area contributed by atoms with Gasteiger partial charge in [0.25, 0.3) is 5.91 Å². The van der Waals surface area contributed by atoms with E-state index in [-0.39, 0.29) is 12.1 Å². The molecule has 0 atom stereocenters. The summed E-state index contributed by atoms with van der Waals surface area (Å²) in [5.41, 5.74) is 0.216. The third-order valence-electron chi connectivity index (χ3n) is 2.39. The van der Waals surface area contributed by atoms with Crippen LogP contribution in [-0.2, 0) is 4.79 Å². The van der Waals surface area contributed by atoms with Crippen molar-refractivity contribution in [1.29, 1.82) is 0 Å². The van der Waals surface area contributed by atoms with E-state index in [1.165, 1.54) is 12.1 Å². The van der Waals surface area contributed by atoms with Gasteiger partial charge in [-0.15, -0.1) is 6.58 Å². The Morgan fingerprint density at radius 1 is 1.50 bits per heavy atom. The lowest BCUT2D eigenvalue weighted by atomic mass is 10.1. The normalized spacial score (nSPS) is 9.89. The second-order valence-corrected chi connectivity index (χ2v) is 3.80. The maximum absolute atomic E-state index is 13.8. The fourth-order valence-electron chi connectivity index (χ4n) is 1.52. The summed E-state index contributed by atoms with van der Waals surface area (Å²) in [6.07, 6.45) is 1.40. The number of aryl methyl sites for hydroxylation is 1. The Morgan fingerprint density at radius 2 is 2.17 bits per heavy atom. The minimum absolute atomic E-state index is 0.0541. The van der Waals surface area contributed by atoms with Crippen LogP contribution in [0.25, 0.3) is 0 Å². The summed E-state index contributed by atoms with van der Waals surface area (Å²) < 4.78 is 13.8. The van der Waals surface area contributed by atoms with Gasteiger partial charge in [0.05, 0.1) is 5.56 Å². The minimum Gasteiger partial charge on any atom is -0.480 e. The second kappa shape index (κ2) is 5.95. The van der Waals surface area contributed by atoms with E-state index < -0.39 is 24.2 Å². The molecule has 0 unspecified atom stereocenters. The lowest BCUT2D eigenvalue weighted by Gasteiger charge is -2.19. The highest BCUT2D eigenvalue weighted by atomic mass is 19.1. The van der Waals surface area contributed by atoms with Crippen molar-refractivity contribution in [1.82, 2.24) is 4.90 Å². The standard InChI is InChI=1S/C13H14FNO3/c1-3-7-15(8-11(16)17)13(18)10-6-4-5-9(2)12(10)14/h3-6H,1,7-8H2,2H3,(H,16,17). The molecule has 0 bridgehead atoms. The fraction of sp³-hybridized carbons (Fsp3) is 0.231. The first-order valence-corrected chi connectivity index (χ1v) is 5.34. The van der Waals surface area contributed by atoms with Crippen LogP contribution in [0, 0.1) is 12.7 Å². The molecule has 0 radical (unpaired) electrons. The van der Waals surface area contributed by atoms with Crippen molar-refractivity contribution in [3.63, 3.8) is 0 Å². The summed E-state index contributed by atoms with van der Waals surface area (Å²) in [7, 11) is 0. The molecule has 5 heteroatoms. The highest BCUT2D eigenvalue weighted by molar-refractivity contribution is 5.96. The van der Waals surface area contributed by atoms with Gasteiger partial charge in [-0.1, -0.05) is 18.2 Å². The van der Waals surface area contributed by atoms with Crippen LogP contribution in [0.5, 0.6) is 0 Å². The van der Waals surface area contributed by atoms with Gasteiger partial charge < -0.3 is 10.0 Å². The van der Waals surface area contributed by atoms with Gasteiger partial charge in [-0.05, 0) is 18.6 Å². The van der Waals surface area contributed by atoms with Crippen molar-refractivity contribution in [3.05, 3.63) is 47.8 Å². The molecule has 0 aliphatic heterocycles. The summed E-state index contributed by atoms with van der Waals surface area (Å²) >= 11 is 0. The summed E-state index contributed by atoms with van der Waals surface area (Å²) in [5, 5.41) is 8.71. The number of carbonyl (C=O) groups is 2. The summed E-state index contributed by atoms with van der Waals surface area (Å²) in [5.74, 6) is -2.43. The van der Waals surface area contributed by atoms with E-state index >= 15 is 0 Å². The van der Waals surface area contributed by atoms with Crippen LogP contribution in [0.1, 0.15) is 15.9 Å². The molecule has 1 N–H and O–H groups in total. The van der Waals surface area contributed by atoms with Crippen LogP contribution in [0.15, 0.2) is 30.9 Å². The Bertz CT molecular complexity index is 485. The zero-order chi connectivity index (χ0) is 13.7. The Kier molecular flexibility index (Phi) is 4.59. The number of aliphatic carboxylic acids is 1. The van der Waals surface area contributed by atoms with Crippen molar-refractivity contribution in [2.24, 2.45) is 0 Å². The lowest BCUT2D eigenvalue weighted by Crippen LogP contribution is -2.36. The second-order valence-electron chi connectivity index (χ2n) is 3.80. The van der Waals surface area contributed by atoms with Crippen LogP contribution in [-0.4, -0.2) is 35.0 Å². The Balaban J connectivity index is 3.05. The molecule has 0 fully saturated rings. The van der Waals surface area contributed by atoms with Crippen molar-refractivity contribution in [2.45, 2.75) is 6.92 Å². The molecule has 1 aromatic carbocycles.